The van der Waals surface area contributed by atoms with Crippen molar-refractivity contribution >= 4 is 17.3 Å². The molecule has 0 atom stereocenters. The summed E-state index contributed by atoms with van der Waals surface area (Å²) in [6.45, 7) is 3.79. The molecule has 1 aromatic heterocycles. The normalized spacial score (nSPS) is 10.6. The number of nitrogens with one attached hydrogen (secondary N) is 2. The highest BCUT2D eigenvalue weighted by Gasteiger charge is 2.14. The number of aromatic nitrogens is 2. The fourth-order valence-corrected chi connectivity index (χ4v) is 2.56. The highest BCUT2D eigenvalue weighted by Crippen LogP contribution is 2.28. The first kappa shape index (κ1) is 19.2. The van der Waals surface area contributed by atoms with Crippen LogP contribution in [0.2, 0.25) is 0 Å². The van der Waals surface area contributed by atoms with E-state index in [2.05, 4.69) is 15.7 Å². The molecule has 7 nitrogen and oxygen atoms in total. The molecule has 0 aliphatic carbocycles. The van der Waals surface area contributed by atoms with Gasteiger partial charge >= 0.3 is 0 Å². The van der Waals surface area contributed by atoms with Crippen LogP contribution in [0.4, 0.5) is 11.4 Å². The third-order valence-electron chi connectivity index (χ3n) is 3.89. The lowest BCUT2D eigenvalue weighted by atomic mass is 10.1. The summed E-state index contributed by atoms with van der Waals surface area (Å²) in [7, 11) is 1.56. The maximum atomic E-state index is 12.6. The van der Waals surface area contributed by atoms with Gasteiger partial charge in [-0.2, -0.15) is 5.10 Å². The van der Waals surface area contributed by atoms with Crippen molar-refractivity contribution in [2.45, 2.75) is 19.9 Å². The lowest BCUT2D eigenvalue weighted by molar-refractivity contribution is 0.0943. The second kappa shape index (κ2) is 8.39. The monoisotopic (exact) mass is 378 g/mol. The topological polar surface area (TPSA) is 85.2 Å². The molecule has 2 aromatic carbocycles. The molecule has 0 unspecified atom stereocenters. The quantitative estimate of drug-likeness (QED) is 0.686. The van der Waals surface area contributed by atoms with Gasteiger partial charge in [0, 0.05) is 24.3 Å². The summed E-state index contributed by atoms with van der Waals surface area (Å²) in [5.74, 6) is 0.707. The summed E-state index contributed by atoms with van der Waals surface area (Å²) >= 11 is 0. The van der Waals surface area contributed by atoms with Crippen LogP contribution in [0.25, 0.3) is 0 Å². The van der Waals surface area contributed by atoms with Crippen LogP contribution in [0.3, 0.4) is 0 Å². The Bertz CT molecular complexity index is 1030. The molecule has 7 heteroatoms. The standard InChI is InChI=1S/C21H22N4O3/c1-14(2)23-20(26)15-8-7-9-16(12-15)24-19-18(13-22-25(3)21(19)27)28-17-10-5-4-6-11-17/h4-14,24H,1-3H3,(H,23,26). The molecule has 0 spiro atoms. The zero-order chi connectivity index (χ0) is 20.1. The van der Waals surface area contributed by atoms with Crippen LogP contribution in [-0.4, -0.2) is 21.7 Å². The number of carbonyl (C=O) groups is 1. The predicted molar refractivity (Wildman–Crippen MR) is 108 cm³/mol. The second-order valence-corrected chi connectivity index (χ2v) is 6.56. The predicted octanol–water partition coefficient (Wildman–Crippen LogP) is 3.45. The molecule has 144 valence electrons. The molecule has 1 heterocycles. The first-order chi connectivity index (χ1) is 13.4. The molecule has 3 aromatic rings. The van der Waals surface area contributed by atoms with Gasteiger partial charge in [0.05, 0.1) is 6.20 Å². The van der Waals surface area contributed by atoms with E-state index in [9.17, 15) is 9.59 Å². The molecule has 0 saturated carbocycles. The van der Waals surface area contributed by atoms with Gasteiger partial charge in [-0.05, 0) is 44.2 Å². The van der Waals surface area contributed by atoms with Crippen molar-refractivity contribution < 1.29 is 9.53 Å². The van der Waals surface area contributed by atoms with Crippen LogP contribution in [-0.2, 0) is 7.05 Å². The third kappa shape index (κ3) is 4.56. The van der Waals surface area contributed by atoms with Gasteiger partial charge in [-0.25, -0.2) is 4.68 Å². The SMILES string of the molecule is CC(C)NC(=O)c1cccc(Nc2c(Oc3ccccc3)cnn(C)c2=O)c1. The first-order valence-corrected chi connectivity index (χ1v) is 8.91. The Morgan fingerprint density at radius 3 is 2.57 bits per heavy atom. The van der Waals surface area contributed by atoms with Crippen LogP contribution in [0.15, 0.2) is 65.6 Å². The number of aryl methyl sites for hydroxylation is 1. The lowest BCUT2D eigenvalue weighted by Crippen LogP contribution is -2.30. The zero-order valence-corrected chi connectivity index (χ0v) is 16.0. The minimum absolute atomic E-state index is 0.0301. The average molecular weight is 378 g/mol. The first-order valence-electron chi connectivity index (χ1n) is 8.91. The summed E-state index contributed by atoms with van der Waals surface area (Å²) in [6.07, 6.45) is 1.48. The van der Waals surface area contributed by atoms with Crippen molar-refractivity contribution in [2.24, 2.45) is 7.05 Å². The van der Waals surface area contributed by atoms with Crippen LogP contribution in [0, 0.1) is 0 Å². The Morgan fingerprint density at radius 2 is 1.86 bits per heavy atom. The van der Waals surface area contributed by atoms with Gasteiger partial charge in [-0.15, -0.1) is 0 Å². The van der Waals surface area contributed by atoms with E-state index in [-0.39, 0.29) is 23.2 Å². The number of hydrogen-bond donors (Lipinski definition) is 2. The van der Waals surface area contributed by atoms with Gasteiger partial charge in [-0.1, -0.05) is 24.3 Å². The molecule has 0 saturated heterocycles. The summed E-state index contributed by atoms with van der Waals surface area (Å²) in [6, 6.07) is 16.1. The minimum atomic E-state index is -0.342. The smallest absolute Gasteiger partial charge is 0.294 e. The Kier molecular flexibility index (Phi) is 5.74. The highest BCUT2D eigenvalue weighted by atomic mass is 16.5. The van der Waals surface area contributed by atoms with Crippen molar-refractivity contribution in [3.8, 4) is 11.5 Å². The molecular weight excluding hydrogens is 356 g/mol. The molecule has 0 bridgehead atoms. The van der Waals surface area contributed by atoms with Crippen molar-refractivity contribution in [2.75, 3.05) is 5.32 Å². The molecule has 0 aliphatic rings. The van der Waals surface area contributed by atoms with Gasteiger partial charge in [0.15, 0.2) is 11.4 Å². The Balaban J connectivity index is 1.93. The molecule has 2 N–H and O–H groups in total. The number of ether oxygens (including phenoxy) is 1. The summed E-state index contributed by atoms with van der Waals surface area (Å²) in [5.41, 5.74) is 0.987. The number of rotatable bonds is 6. The fraction of sp³-hybridized carbons (Fsp3) is 0.190. The second-order valence-electron chi connectivity index (χ2n) is 6.56. The van der Waals surface area contributed by atoms with Gasteiger partial charge in [0.25, 0.3) is 11.5 Å². The van der Waals surface area contributed by atoms with E-state index in [0.29, 0.717) is 22.7 Å². The Labute approximate surface area is 163 Å². The van der Waals surface area contributed by atoms with Crippen molar-refractivity contribution in [1.29, 1.82) is 0 Å². The molecule has 28 heavy (non-hydrogen) atoms. The summed E-state index contributed by atoms with van der Waals surface area (Å²) < 4.78 is 7.05. The van der Waals surface area contributed by atoms with Crippen LogP contribution in [0.1, 0.15) is 24.2 Å². The van der Waals surface area contributed by atoms with E-state index in [0.717, 1.165) is 0 Å². The lowest BCUT2D eigenvalue weighted by Gasteiger charge is -2.14. The molecule has 0 aliphatic heterocycles. The van der Waals surface area contributed by atoms with Gasteiger partial charge < -0.3 is 15.4 Å². The molecule has 1 amide bonds. The van der Waals surface area contributed by atoms with Crippen molar-refractivity contribution in [3.05, 3.63) is 76.7 Å². The van der Waals surface area contributed by atoms with Crippen molar-refractivity contribution in [1.82, 2.24) is 15.1 Å². The van der Waals surface area contributed by atoms with Crippen molar-refractivity contribution in [3.63, 3.8) is 0 Å². The maximum absolute atomic E-state index is 12.6. The molecule has 0 fully saturated rings. The number of amides is 1. The van der Waals surface area contributed by atoms with Crippen LogP contribution >= 0.6 is 0 Å². The van der Waals surface area contributed by atoms with E-state index in [1.165, 1.54) is 10.9 Å². The highest BCUT2D eigenvalue weighted by molar-refractivity contribution is 5.95. The largest absolute Gasteiger partial charge is 0.453 e. The zero-order valence-electron chi connectivity index (χ0n) is 16.0. The average Bonchev–Trinajstić information content (AvgIpc) is 2.68. The van der Waals surface area contributed by atoms with Crippen LogP contribution < -0.4 is 20.9 Å². The number of nitrogens with zero attached hydrogens (tertiary/aromatic N) is 2. The minimum Gasteiger partial charge on any atom is -0.453 e. The number of anilines is 2. The number of para-hydroxylation sites is 1. The Morgan fingerprint density at radius 1 is 1.11 bits per heavy atom. The number of hydrogen-bond acceptors (Lipinski definition) is 5. The summed E-state index contributed by atoms with van der Waals surface area (Å²) in [5, 5.41) is 9.95. The van der Waals surface area contributed by atoms with E-state index in [4.69, 9.17) is 4.74 Å². The number of carbonyl (C=O) groups excluding carboxylic acids is 1. The van der Waals surface area contributed by atoms with E-state index in [1.807, 2.05) is 32.0 Å². The van der Waals surface area contributed by atoms with E-state index >= 15 is 0 Å². The van der Waals surface area contributed by atoms with E-state index < -0.39 is 0 Å². The Hall–Kier alpha value is -3.61. The van der Waals surface area contributed by atoms with Gasteiger partial charge in [0.2, 0.25) is 0 Å². The fourth-order valence-electron chi connectivity index (χ4n) is 2.56. The van der Waals surface area contributed by atoms with Crippen LogP contribution in [0.5, 0.6) is 11.5 Å². The van der Waals surface area contributed by atoms with Gasteiger partial charge in [0.1, 0.15) is 5.75 Å². The summed E-state index contributed by atoms with van der Waals surface area (Å²) in [4.78, 5) is 24.9. The number of benzene rings is 2. The van der Waals surface area contributed by atoms with E-state index in [1.54, 1.807) is 43.4 Å². The van der Waals surface area contributed by atoms with Gasteiger partial charge in [-0.3, -0.25) is 9.59 Å². The molecule has 3 rings (SSSR count). The molecular formula is C21H22N4O3. The third-order valence-corrected chi connectivity index (χ3v) is 3.89. The maximum Gasteiger partial charge on any atom is 0.294 e. The molecule has 0 radical (unpaired) electrons.